The van der Waals surface area contributed by atoms with Crippen LogP contribution in [0.5, 0.6) is 5.75 Å². The molecule has 0 heterocycles. The zero-order valence-corrected chi connectivity index (χ0v) is 25.3. The van der Waals surface area contributed by atoms with Crippen LogP contribution in [0.25, 0.3) is 0 Å². The number of unbranched alkanes of at least 4 members (excludes halogenated alkanes) is 18. The number of carbonyl (C=O) groups is 1. The molecule has 1 atom stereocenters. The van der Waals surface area contributed by atoms with Crippen molar-refractivity contribution in [3.05, 3.63) is 29.3 Å². The molecule has 0 aromatic heterocycles. The second kappa shape index (κ2) is 22.5. The first-order valence-corrected chi connectivity index (χ1v) is 16.8. The Morgan fingerprint density at radius 2 is 1.26 bits per heavy atom. The van der Waals surface area contributed by atoms with Crippen molar-refractivity contribution in [2.45, 2.75) is 174 Å². The first kappa shape index (κ1) is 32.9. The van der Waals surface area contributed by atoms with Crippen molar-refractivity contribution in [1.82, 2.24) is 5.32 Å². The molecule has 0 amide bonds. The molecule has 0 saturated heterocycles. The zero-order chi connectivity index (χ0) is 27.1. The van der Waals surface area contributed by atoms with Crippen LogP contribution < -0.4 is 10.1 Å². The van der Waals surface area contributed by atoms with Crippen molar-refractivity contribution in [3.63, 3.8) is 0 Å². The molecule has 3 heteroatoms. The quantitative estimate of drug-likeness (QED) is 0.0825. The topological polar surface area (TPSA) is 38.3 Å². The second-order valence-electron chi connectivity index (χ2n) is 11.9. The molecule has 38 heavy (non-hydrogen) atoms. The van der Waals surface area contributed by atoms with Crippen LogP contribution in [0.15, 0.2) is 18.2 Å². The van der Waals surface area contributed by atoms with Crippen molar-refractivity contribution >= 4 is 5.97 Å². The molecular formula is C35H61NO2. The lowest BCUT2D eigenvalue weighted by Crippen LogP contribution is -2.35. The van der Waals surface area contributed by atoms with Crippen molar-refractivity contribution in [2.24, 2.45) is 0 Å². The summed E-state index contributed by atoms with van der Waals surface area (Å²) in [6, 6.07) is 6.77. The molecular weight excluding hydrogens is 466 g/mol. The monoisotopic (exact) mass is 527 g/mol. The molecule has 0 spiro atoms. The minimum atomic E-state index is -0.0587. The van der Waals surface area contributed by atoms with Crippen molar-refractivity contribution in [2.75, 3.05) is 6.54 Å². The van der Waals surface area contributed by atoms with E-state index in [2.05, 4.69) is 25.2 Å². The fourth-order valence-corrected chi connectivity index (χ4v) is 5.91. The minimum absolute atomic E-state index is 0.0587. The highest BCUT2D eigenvalue weighted by atomic mass is 16.5. The van der Waals surface area contributed by atoms with Gasteiger partial charge in [-0.15, -0.1) is 0 Å². The molecule has 1 unspecified atom stereocenters. The van der Waals surface area contributed by atoms with Gasteiger partial charge in [-0.25, -0.2) is 0 Å². The van der Waals surface area contributed by atoms with Crippen LogP contribution in [-0.2, 0) is 17.6 Å². The molecule has 0 saturated carbocycles. The van der Waals surface area contributed by atoms with E-state index in [1.807, 2.05) is 12.1 Å². The van der Waals surface area contributed by atoms with Gasteiger partial charge in [0.15, 0.2) is 0 Å². The number of benzene rings is 1. The highest BCUT2D eigenvalue weighted by Gasteiger charge is 2.21. The summed E-state index contributed by atoms with van der Waals surface area (Å²) in [4.78, 5) is 12.5. The Morgan fingerprint density at radius 1 is 0.737 bits per heavy atom. The van der Waals surface area contributed by atoms with Crippen molar-refractivity contribution in [3.8, 4) is 5.75 Å². The Morgan fingerprint density at radius 3 is 1.79 bits per heavy atom. The van der Waals surface area contributed by atoms with Gasteiger partial charge in [0.05, 0.1) is 0 Å². The van der Waals surface area contributed by atoms with Crippen LogP contribution in [0.4, 0.5) is 0 Å². The van der Waals surface area contributed by atoms with Gasteiger partial charge in [0.2, 0.25) is 0 Å². The van der Waals surface area contributed by atoms with Gasteiger partial charge in [0, 0.05) is 12.5 Å². The second-order valence-corrected chi connectivity index (χ2v) is 11.9. The maximum atomic E-state index is 12.5. The Labute approximate surface area is 236 Å². The first-order chi connectivity index (χ1) is 18.7. The first-order valence-electron chi connectivity index (χ1n) is 16.8. The zero-order valence-electron chi connectivity index (χ0n) is 25.3. The molecule has 1 aromatic rings. The third kappa shape index (κ3) is 15.3. The van der Waals surface area contributed by atoms with E-state index >= 15 is 0 Å². The fourth-order valence-electron chi connectivity index (χ4n) is 5.91. The molecule has 1 aromatic carbocycles. The third-order valence-corrected chi connectivity index (χ3v) is 8.33. The molecule has 1 aliphatic carbocycles. The number of carbonyl (C=O) groups excluding carboxylic acids is 1. The summed E-state index contributed by atoms with van der Waals surface area (Å²) in [5.41, 5.74) is 2.60. The van der Waals surface area contributed by atoms with Crippen LogP contribution in [0.3, 0.4) is 0 Å². The number of hydrogen-bond donors (Lipinski definition) is 1. The standard InChI is InChI=1S/C35H61NO2/c1-3-5-6-7-8-9-10-11-12-13-14-15-16-17-18-19-20-21-22-26-35(37)38-34-25-23-24-31-30-32(36-29-4-2)27-28-33(31)34/h23-25,32,36H,3-22,26-30H2,1-2H3. The predicted octanol–water partition coefficient (Wildman–Crippen LogP) is 10.3. The Bertz CT molecular complexity index is 716. The summed E-state index contributed by atoms with van der Waals surface area (Å²) in [7, 11) is 0. The lowest BCUT2D eigenvalue weighted by Gasteiger charge is -2.26. The van der Waals surface area contributed by atoms with Crippen molar-refractivity contribution < 1.29 is 9.53 Å². The number of rotatable bonds is 24. The fraction of sp³-hybridized carbons (Fsp3) is 0.800. The number of esters is 1. The van der Waals surface area contributed by atoms with Crippen LogP contribution in [0.2, 0.25) is 0 Å². The van der Waals surface area contributed by atoms with Gasteiger partial charge in [0.1, 0.15) is 5.75 Å². The van der Waals surface area contributed by atoms with E-state index in [1.165, 1.54) is 127 Å². The maximum Gasteiger partial charge on any atom is 0.311 e. The van der Waals surface area contributed by atoms with Crippen LogP contribution in [0, 0.1) is 0 Å². The average molecular weight is 528 g/mol. The van der Waals surface area contributed by atoms with Gasteiger partial charge in [-0.1, -0.05) is 142 Å². The smallest absolute Gasteiger partial charge is 0.311 e. The molecule has 0 fully saturated rings. The van der Waals surface area contributed by atoms with E-state index < -0.39 is 0 Å². The van der Waals surface area contributed by atoms with Crippen LogP contribution >= 0.6 is 0 Å². The van der Waals surface area contributed by atoms with Gasteiger partial charge in [0.25, 0.3) is 0 Å². The summed E-state index contributed by atoms with van der Waals surface area (Å²) in [6.45, 7) is 5.58. The van der Waals surface area contributed by atoms with Crippen LogP contribution in [0.1, 0.15) is 166 Å². The Balaban J connectivity index is 1.38. The largest absolute Gasteiger partial charge is 0.426 e. The number of ether oxygens (including phenoxy) is 1. The normalized spacial score (nSPS) is 14.9. The number of nitrogens with one attached hydrogen (secondary N) is 1. The number of hydrogen-bond acceptors (Lipinski definition) is 3. The van der Waals surface area contributed by atoms with Gasteiger partial charge in [-0.05, 0) is 55.8 Å². The van der Waals surface area contributed by atoms with E-state index in [-0.39, 0.29) is 5.97 Å². The number of fused-ring (bicyclic) bond motifs is 1. The molecule has 0 radical (unpaired) electrons. The molecule has 1 aliphatic rings. The van der Waals surface area contributed by atoms with Gasteiger partial charge >= 0.3 is 5.97 Å². The van der Waals surface area contributed by atoms with E-state index in [0.29, 0.717) is 12.5 Å². The van der Waals surface area contributed by atoms with E-state index in [9.17, 15) is 4.79 Å². The highest BCUT2D eigenvalue weighted by Crippen LogP contribution is 2.30. The lowest BCUT2D eigenvalue weighted by atomic mass is 9.87. The third-order valence-electron chi connectivity index (χ3n) is 8.33. The summed E-state index contributed by atoms with van der Waals surface area (Å²) in [6.07, 6.45) is 30.9. The summed E-state index contributed by atoms with van der Waals surface area (Å²) in [5, 5.41) is 3.64. The molecule has 0 bridgehead atoms. The van der Waals surface area contributed by atoms with E-state index in [1.54, 1.807) is 0 Å². The van der Waals surface area contributed by atoms with E-state index in [0.717, 1.165) is 44.4 Å². The van der Waals surface area contributed by atoms with Gasteiger partial charge < -0.3 is 10.1 Å². The minimum Gasteiger partial charge on any atom is -0.426 e. The van der Waals surface area contributed by atoms with Gasteiger partial charge in [-0.3, -0.25) is 4.79 Å². The predicted molar refractivity (Wildman–Crippen MR) is 164 cm³/mol. The summed E-state index contributed by atoms with van der Waals surface area (Å²) < 4.78 is 5.81. The van der Waals surface area contributed by atoms with Crippen molar-refractivity contribution in [1.29, 1.82) is 0 Å². The lowest BCUT2D eigenvalue weighted by molar-refractivity contribution is -0.134. The van der Waals surface area contributed by atoms with Crippen LogP contribution in [-0.4, -0.2) is 18.6 Å². The maximum absolute atomic E-state index is 12.5. The SMILES string of the molecule is CCCCCCCCCCCCCCCCCCCCCC(=O)Oc1cccc2c1CCC(NCCC)C2. The highest BCUT2D eigenvalue weighted by molar-refractivity contribution is 5.73. The molecule has 2 rings (SSSR count). The van der Waals surface area contributed by atoms with E-state index in [4.69, 9.17) is 4.74 Å². The summed E-state index contributed by atoms with van der Waals surface area (Å²) in [5.74, 6) is 0.746. The van der Waals surface area contributed by atoms with Gasteiger partial charge in [-0.2, -0.15) is 0 Å². The average Bonchev–Trinajstić information content (AvgIpc) is 2.93. The Kier molecular flexibility index (Phi) is 19.4. The summed E-state index contributed by atoms with van der Waals surface area (Å²) >= 11 is 0. The molecule has 0 aliphatic heterocycles. The Hall–Kier alpha value is -1.35. The molecule has 218 valence electrons. The molecule has 1 N–H and O–H groups in total. The molecule has 3 nitrogen and oxygen atoms in total.